The van der Waals surface area contributed by atoms with Gasteiger partial charge in [0.15, 0.2) is 17.3 Å². The predicted octanol–water partition coefficient (Wildman–Crippen LogP) is 2.89. The summed E-state index contributed by atoms with van der Waals surface area (Å²) in [5, 5.41) is 4.31. The molecule has 0 aliphatic rings. The van der Waals surface area contributed by atoms with E-state index in [0.717, 1.165) is 11.1 Å². The summed E-state index contributed by atoms with van der Waals surface area (Å²) < 4.78 is 12.6. The lowest BCUT2D eigenvalue weighted by molar-refractivity contribution is 0.354. The van der Waals surface area contributed by atoms with Crippen LogP contribution in [0.25, 0.3) is 23.2 Å². The average Bonchev–Trinajstić information content (AvgIpc) is 3.26. The Labute approximate surface area is 165 Å². The molecule has 4 rings (SSSR count). The van der Waals surface area contributed by atoms with Crippen LogP contribution in [0.2, 0.25) is 0 Å². The first-order chi connectivity index (χ1) is 13.7. The van der Waals surface area contributed by atoms with Crippen LogP contribution in [-0.2, 0) is 0 Å². The second-order valence-electron chi connectivity index (χ2n) is 5.91. The molecule has 0 N–H and O–H groups in total. The lowest BCUT2D eigenvalue weighted by atomic mass is 10.2. The number of rotatable bonds is 5. The molecule has 0 amide bonds. The molecule has 28 heavy (non-hydrogen) atoms. The number of hydrogen-bond acceptors (Lipinski definition) is 6. The second-order valence-corrected chi connectivity index (χ2v) is 6.92. The van der Waals surface area contributed by atoms with Gasteiger partial charge in [0.05, 0.1) is 18.8 Å². The largest absolute Gasteiger partial charge is 0.493 e. The van der Waals surface area contributed by atoms with Gasteiger partial charge in [-0.3, -0.25) is 4.79 Å². The maximum Gasteiger partial charge on any atom is 0.291 e. The predicted molar refractivity (Wildman–Crippen MR) is 111 cm³/mol. The van der Waals surface area contributed by atoms with Gasteiger partial charge in [-0.15, -0.1) is 5.10 Å². The Kier molecular flexibility index (Phi) is 4.90. The van der Waals surface area contributed by atoms with Crippen LogP contribution in [0.1, 0.15) is 17.0 Å². The fraction of sp³-hybridized carbons (Fsp3) is 0.0952. The van der Waals surface area contributed by atoms with Crippen molar-refractivity contribution >= 4 is 34.5 Å². The van der Waals surface area contributed by atoms with E-state index in [-0.39, 0.29) is 5.56 Å². The minimum absolute atomic E-state index is 0.211. The first-order valence-electron chi connectivity index (χ1n) is 8.55. The van der Waals surface area contributed by atoms with Gasteiger partial charge in [-0.2, -0.15) is 9.50 Å². The fourth-order valence-corrected chi connectivity index (χ4v) is 3.73. The molecule has 2 aromatic carbocycles. The highest BCUT2D eigenvalue weighted by molar-refractivity contribution is 7.15. The monoisotopic (exact) mass is 391 g/mol. The van der Waals surface area contributed by atoms with Crippen molar-refractivity contribution in [3.63, 3.8) is 0 Å². The molecule has 0 bridgehead atoms. The van der Waals surface area contributed by atoms with Gasteiger partial charge in [0.2, 0.25) is 4.96 Å². The number of ether oxygens (including phenoxy) is 2. The third kappa shape index (κ3) is 3.39. The molecule has 7 heteroatoms. The minimum atomic E-state index is -0.211. The molecule has 0 fully saturated rings. The number of benzene rings is 2. The third-order valence-electron chi connectivity index (χ3n) is 4.14. The molecule has 6 nitrogen and oxygen atoms in total. The number of hydrogen-bond donors (Lipinski definition) is 0. The third-order valence-corrected chi connectivity index (χ3v) is 5.10. The van der Waals surface area contributed by atoms with E-state index in [1.165, 1.54) is 15.9 Å². The Morgan fingerprint density at radius 3 is 2.54 bits per heavy atom. The van der Waals surface area contributed by atoms with Gasteiger partial charge in [-0.05, 0) is 23.8 Å². The minimum Gasteiger partial charge on any atom is -0.493 e. The molecule has 0 aliphatic carbocycles. The van der Waals surface area contributed by atoms with Crippen LogP contribution < -0.4 is 19.6 Å². The van der Waals surface area contributed by atoms with E-state index in [0.29, 0.717) is 26.8 Å². The molecule has 0 atom stereocenters. The lowest BCUT2D eigenvalue weighted by Gasteiger charge is -2.09. The highest BCUT2D eigenvalue weighted by atomic mass is 32.1. The number of aromatic nitrogens is 3. The van der Waals surface area contributed by atoms with Crippen LogP contribution in [0.4, 0.5) is 0 Å². The maximum atomic E-state index is 12.7. The van der Waals surface area contributed by atoms with Crippen LogP contribution in [-0.4, -0.2) is 28.8 Å². The molecule has 2 aromatic heterocycles. The Hall–Kier alpha value is -3.45. The van der Waals surface area contributed by atoms with Crippen molar-refractivity contribution in [2.24, 2.45) is 0 Å². The SMILES string of the molecule is COc1cccc(/C=c2\sc3nc(/C=C/c4ccccc4)nn3c2=O)c1OC. The molecule has 0 unspecified atom stereocenters. The Morgan fingerprint density at radius 2 is 1.82 bits per heavy atom. The van der Waals surface area contributed by atoms with E-state index >= 15 is 0 Å². The van der Waals surface area contributed by atoms with Crippen LogP contribution in [0.15, 0.2) is 53.3 Å². The number of methoxy groups -OCH3 is 2. The summed E-state index contributed by atoms with van der Waals surface area (Å²) in [6.45, 7) is 0. The molecule has 0 aliphatic heterocycles. The number of nitrogens with zero attached hydrogens (tertiary/aromatic N) is 3. The second kappa shape index (κ2) is 7.66. The molecule has 0 radical (unpaired) electrons. The van der Waals surface area contributed by atoms with Gasteiger partial charge in [-0.25, -0.2) is 0 Å². The molecule has 2 heterocycles. The first kappa shape index (κ1) is 17.9. The molecular formula is C21H17N3O3S. The van der Waals surface area contributed by atoms with Gasteiger partial charge in [0.25, 0.3) is 5.56 Å². The normalized spacial score (nSPS) is 12.1. The highest BCUT2D eigenvalue weighted by Gasteiger charge is 2.11. The van der Waals surface area contributed by atoms with Crippen molar-refractivity contribution in [1.29, 1.82) is 0 Å². The lowest BCUT2D eigenvalue weighted by Crippen LogP contribution is -2.23. The van der Waals surface area contributed by atoms with E-state index < -0.39 is 0 Å². The van der Waals surface area contributed by atoms with Crippen LogP contribution in [0.5, 0.6) is 11.5 Å². The standard InChI is InChI=1S/C21H17N3O3S/c1-26-16-10-6-9-15(19(16)27-2)13-17-20(25)24-21(28-17)22-18(23-24)12-11-14-7-4-3-5-8-14/h3-13H,1-2H3/b12-11+,17-13-. The quantitative estimate of drug-likeness (QED) is 0.523. The van der Waals surface area contributed by atoms with E-state index in [2.05, 4.69) is 10.1 Å². The van der Waals surface area contributed by atoms with E-state index in [1.54, 1.807) is 26.4 Å². The maximum absolute atomic E-state index is 12.7. The van der Waals surface area contributed by atoms with Crippen molar-refractivity contribution in [3.05, 3.63) is 80.4 Å². The summed E-state index contributed by atoms with van der Waals surface area (Å²) in [4.78, 5) is 17.7. The van der Waals surface area contributed by atoms with Crippen molar-refractivity contribution < 1.29 is 9.47 Å². The first-order valence-corrected chi connectivity index (χ1v) is 9.36. The molecule has 0 saturated heterocycles. The Bertz CT molecular complexity index is 1260. The van der Waals surface area contributed by atoms with Crippen molar-refractivity contribution in [1.82, 2.24) is 14.6 Å². The van der Waals surface area contributed by atoms with Gasteiger partial charge in [0.1, 0.15) is 0 Å². The van der Waals surface area contributed by atoms with Crippen LogP contribution in [0.3, 0.4) is 0 Å². The summed E-state index contributed by atoms with van der Waals surface area (Å²) >= 11 is 1.28. The number of thiazole rings is 1. The zero-order chi connectivity index (χ0) is 19.5. The van der Waals surface area contributed by atoms with Gasteiger partial charge >= 0.3 is 0 Å². The number of fused-ring (bicyclic) bond motifs is 1. The molecule has 0 saturated carbocycles. The van der Waals surface area contributed by atoms with Crippen molar-refractivity contribution in [2.45, 2.75) is 0 Å². The Morgan fingerprint density at radius 1 is 1.00 bits per heavy atom. The van der Waals surface area contributed by atoms with Crippen molar-refractivity contribution in [2.75, 3.05) is 14.2 Å². The van der Waals surface area contributed by atoms with Crippen molar-refractivity contribution in [3.8, 4) is 11.5 Å². The van der Waals surface area contributed by atoms with Gasteiger partial charge in [0, 0.05) is 5.56 Å². The summed E-state index contributed by atoms with van der Waals surface area (Å²) in [7, 11) is 3.15. The zero-order valence-corrected chi connectivity index (χ0v) is 16.1. The van der Waals surface area contributed by atoms with E-state index in [9.17, 15) is 4.79 Å². The summed E-state index contributed by atoms with van der Waals surface area (Å²) in [5.74, 6) is 1.68. The van der Waals surface area contributed by atoms with E-state index in [4.69, 9.17) is 9.47 Å². The summed E-state index contributed by atoms with van der Waals surface area (Å²) in [6.07, 6.45) is 5.48. The summed E-state index contributed by atoms with van der Waals surface area (Å²) in [6, 6.07) is 15.4. The summed E-state index contributed by atoms with van der Waals surface area (Å²) in [5.41, 5.74) is 1.59. The molecule has 140 valence electrons. The topological polar surface area (TPSA) is 65.7 Å². The zero-order valence-electron chi connectivity index (χ0n) is 15.3. The molecule has 4 aromatic rings. The van der Waals surface area contributed by atoms with Gasteiger partial charge in [-0.1, -0.05) is 59.9 Å². The van der Waals surface area contributed by atoms with Crippen LogP contribution >= 0.6 is 11.3 Å². The van der Waals surface area contributed by atoms with Crippen LogP contribution in [0, 0.1) is 0 Å². The van der Waals surface area contributed by atoms with Gasteiger partial charge < -0.3 is 9.47 Å². The molecular weight excluding hydrogens is 374 g/mol. The average molecular weight is 391 g/mol. The fourth-order valence-electron chi connectivity index (χ4n) is 2.82. The Balaban J connectivity index is 1.72. The van der Waals surface area contributed by atoms with E-state index in [1.807, 2.05) is 54.6 Å². The molecule has 0 spiro atoms. The number of para-hydroxylation sites is 1. The smallest absolute Gasteiger partial charge is 0.291 e. The highest BCUT2D eigenvalue weighted by Crippen LogP contribution is 2.31.